The van der Waals surface area contributed by atoms with Crippen molar-refractivity contribution in [3.63, 3.8) is 0 Å². The first-order valence-corrected chi connectivity index (χ1v) is 6.40. The van der Waals surface area contributed by atoms with Crippen LogP contribution in [-0.2, 0) is 13.6 Å². The molecular formula is C13H20N6. The Kier molecular flexibility index (Phi) is 3.99. The predicted molar refractivity (Wildman–Crippen MR) is 76.2 cm³/mol. The standard InChI is InChI=1S/C13H20N6/c1-5-15-12-7-14-8-13(17-12)16-6-11-9(2)18-19(4)10(11)3/h7-8H,5-6H2,1-4H3,(H2,15,16,17). The van der Waals surface area contributed by atoms with E-state index in [1.165, 1.54) is 11.3 Å². The van der Waals surface area contributed by atoms with Crippen molar-refractivity contribution in [1.82, 2.24) is 19.7 Å². The maximum Gasteiger partial charge on any atom is 0.147 e. The van der Waals surface area contributed by atoms with Crippen LogP contribution in [0.4, 0.5) is 11.6 Å². The molecule has 2 N–H and O–H groups in total. The Morgan fingerprint density at radius 1 is 1.16 bits per heavy atom. The average Bonchev–Trinajstić information content (AvgIpc) is 2.62. The third kappa shape index (κ3) is 3.01. The number of anilines is 2. The van der Waals surface area contributed by atoms with Crippen LogP contribution in [0.2, 0.25) is 0 Å². The molecule has 0 aliphatic rings. The smallest absolute Gasteiger partial charge is 0.147 e. The van der Waals surface area contributed by atoms with Crippen molar-refractivity contribution in [1.29, 1.82) is 0 Å². The van der Waals surface area contributed by atoms with E-state index in [1.54, 1.807) is 12.4 Å². The molecule has 0 aromatic carbocycles. The third-order valence-corrected chi connectivity index (χ3v) is 3.10. The number of rotatable bonds is 5. The Hall–Kier alpha value is -2.11. The van der Waals surface area contributed by atoms with Gasteiger partial charge >= 0.3 is 0 Å². The molecule has 0 unspecified atom stereocenters. The molecule has 0 aliphatic carbocycles. The molecule has 2 rings (SSSR count). The van der Waals surface area contributed by atoms with Crippen LogP contribution in [-0.4, -0.2) is 26.3 Å². The Morgan fingerprint density at radius 3 is 2.42 bits per heavy atom. The van der Waals surface area contributed by atoms with Gasteiger partial charge in [-0.2, -0.15) is 5.10 Å². The molecule has 2 aromatic rings. The topological polar surface area (TPSA) is 67.7 Å². The molecule has 0 bridgehead atoms. The second-order valence-corrected chi connectivity index (χ2v) is 4.45. The fourth-order valence-electron chi connectivity index (χ4n) is 1.97. The van der Waals surface area contributed by atoms with E-state index in [0.29, 0.717) is 6.54 Å². The molecule has 0 fully saturated rings. The molecule has 0 radical (unpaired) electrons. The van der Waals surface area contributed by atoms with Gasteiger partial charge in [-0.3, -0.25) is 9.67 Å². The Labute approximate surface area is 113 Å². The summed E-state index contributed by atoms with van der Waals surface area (Å²) >= 11 is 0. The Morgan fingerprint density at radius 2 is 1.84 bits per heavy atom. The summed E-state index contributed by atoms with van der Waals surface area (Å²) in [6.07, 6.45) is 3.44. The molecule has 0 saturated carbocycles. The van der Waals surface area contributed by atoms with E-state index in [2.05, 4.69) is 32.6 Å². The summed E-state index contributed by atoms with van der Waals surface area (Å²) in [6, 6.07) is 0. The molecule has 0 aliphatic heterocycles. The van der Waals surface area contributed by atoms with Gasteiger partial charge in [0.1, 0.15) is 11.6 Å². The van der Waals surface area contributed by atoms with Crippen LogP contribution in [0.15, 0.2) is 12.4 Å². The van der Waals surface area contributed by atoms with Gasteiger partial charge < -0.3 is 10.6 Å². The summed E-state index contributed by atoms with van der Waals surface area (Å²) in [6.45, 7) is 7.65. The van der Waals surface area contributed by atoms with E-state index in [1.807, 2.05) is 25.6 Å². The molecule has 0 spiro atoms. The zero-order valence-electron chi connectivity index (χ0n) is 11.9. The molecule has 2 heterocycles. The molecule has 2 aromatic heterocycles. The van der Waals surface area contributed by atoms with Crippen LogP contribution in [0.5, 0.6) is 0 Å². The number of aromatic nitrogens is 4. The monoisotopic (exact) mass is 260 g/mol. The van der Waals surface area contributed by atoms with E-state index in [-0.39, 0.29) is 0 Å². The van der Waals surface area contributed by atoms with Gasteiger partial charge in [-0.05, 0) is 20.8 Å². The lowest BCUT2D eigenvalue weighted by molar-refractivity contribution is 0.730. The van der Waals surface area contributed by atoms with Crippen molar-refractivity contribution in [2.24, 2.45) is 7.05 Å². The van der Waals surface area contributed by atoms with Crippen LogP contribution in [0.1, 0.15) is 23.9 Å². The summed E-state index contributed by atoms with van der Waals surface area (Å²) < 4.78 is 1.90. The van der Waals surface area contributed by atoms with Crippen molar-refractivity contribution < 1.29 is 0 Å². The average molecular weight is 260 g/mol. The lowest BCUT2D eigenvalue weighted by atomic mass is 10.2. The number of aryl methyl sites for hydroxylation is 2. The van der Waals surface area contributed by atoms with Gasteiger partial charge in [-0.25, -0.2) is 4.98 Å². The first-order valence-electron chi connectivity index (χ1n) is 6.40. The van der Waals surface area contributed by atoms with Gasteiger partial charge in [-0.15, -0.1) is 0 Å². The summed E-state index contributed by atoms with van der Waals surface area (Å²) in [7, 11) is 1.96. The zero-order valence-corrected chi connectivity index (χ0v) is 11.9. The van der Waals surface area contributed by atoms with E-state index >= 15 is 0 Å². The normalized spacial score (nSPS) is 10.5. The van der Waals surface area contributed by atoms with Crippen molar-refractivity contribution in [2.75, 3.05) is 17.2 Å². The third-order valence-electron chi connectivity index (χ3n) is 3.10. The predicted octanol–water partition coefficient (Wildman–Crippen LogP) is 1.87. The highest BCUT2D eigenvalue weighted by Gasteiger charge is 2.09. The van der Waals surface area contributed by atoms with E-state index in [0.717, 1.165) is 23.9 Å². The number of hydrogen-bond donors (Lipinski definition) is 2. The summed E-state index contributed by atoms with van der Waals surface area (Å²) in [5.74, 6) is 1.55. The van der Waals surface area contributed by atoms with Crippen molar-refractivity contribution in [3.8, 4) is 0 Å². The molecule has 0 amide bonds. The highest BCUT2D eigenvalue weighted by Crippen LogP contribution is 2.14. The van der Waals surface area contributed by atoms with Crippen molar-refractivity contribution in [2.45, 2.75) is 27.3 Å². The molecule has 0 atom stereocenters. The second-order valence-electron chi connectivity index (χ2n) is 4.45. The van der Waals surface area contributed by atoms with E-state index in [9.17, 15) is 0 Å². The summed E-state index contributed by atoms with van der Waals surface area (Å²) in [4.78, 5) is 8.59. The highest BCUT2D eigenvalue weighted by molar-refractivity contribution is 5.42. The molecular weight excluding hydrogens is 240 g/mol. The number of nitrogens with one attached hydrogen (secondary N) is 2. The largest absolute Gasteiger partial charge is 0.369 e. The lowest BCUT2D eigenvalue weighted by Gasteiger charge is -2.08. The van der Waals surface area contributed by atoms with E-state index in [4.69, 9.17) is 0 Å². The van der Waals surface area contributed by atoms with Crippen molar-refractivity contribution >= 4 is 11.6 Å². The molecule has 6 heteroatoms. The first-order chi connectivity index (χ1) is 9.11. The fraction of sp³-hybridized carbons (Fsp3) is 0.462. The quantitative estimate of drug-likeness (QED) is 0.859. The molecule has 102 valence electrons. The van der Waals surface area contributed by atoms with Crippen LogP contribution in [0.3, 0.4) is 0 Å². The van der Waals surface area contributed by atoms with Crippen LogP contribution >= 0.6 is 0 Å². The summed E-state index contributed by atoms with van der Waals surface area (Å²) in [5.41, 5.74) is 3.42. The maximum atomic E-state index is 4.43. The molecule has 0 saturated heterocycles. The Balaban J connectivity index is 2.08. The van der Waals surface area contributed by atoms with Crippen LogP contribution < -0.4 is 10.6 Å². The fourth-order valence-corrected chi connectivity index (χ4v) is 1.97. The zero-order chi connectivity index (χ0) is 13.8. The minimum Gasteiger partial charge on any atom is -0.369 e. The number of hydrogen-bond acceptors (Lipinski definition) is 5. The maximum absolute atomic E-state index is 4.43. The van der Waals surface area contributed by atoms with Gasteiger partial charge in [-0.1, -0.05) is 0 Å². The second kappa shape index (κ2) is 5.69. The Bertz CT molecular complexity index is 560. The lowest BCUT2D eigenvalue weighted by Crippen LogP contribution is -2.06. The van der Waals surface area contributed by atoms with E-state index < -0.39 is 0 Å². The van der Waals surface area contributed by atoms with Gasteiger partial charge in [0.2, 0.25) is 0 Å². The number of nitrogens with zero attached hydrogens (tertiary/aromatic N) is 4. The van der Waals surface area contributed by atoms with Gasteiger partial charge in [0.15, 0.2) is 0 Å². The first kappa shape index (κ1) is 13.3. The van der Waals surface area contributed by atoms with Crippen LogP contribution in [0.25, 0.3) is 0 Å². The molecule has 6 nitrogen and oxygen atoms in total. The van der Waals surface area contributed by atoms with Gasteiger partial charge in [0, 0.05) is 31.4 Å². The van der Waals surface area contributed by atoms with Gasteiger partial charge in [0.25, 0.3) is 0 Å². The SMILES string of the molecule is CCNc1cncc(NCc2c(C)nn(C)c2C)n1. The minimum atomic E-state index is 0.704. The van der Waals surface area contributed by atoms with Crippen molar-refractivity contribution in [3.05, 3.63) is 29.3 Å². The molecule has 19 heavy (non-hydrogen) atoms. The van der Waals surface area contributed by atoms with Gasteiger partial charge in [0.05, 0.1) is 18.1 Å². The highest BCUT2D eigenvalue weighted by atomic mass is 15.3. The van der Waals surface area contributed by atoms with Crippen LogP contribution in [0, 0.1) is 13.8 Å². The summed E-state index contributed by atoms with van der Waals surface area (Å²) in [5, 5.41) is 10.8. The minimum absolute atomic E-state index is 0.704.